The van der Waals surface area contributed by atoms with Crippen LogP contribution in [0.25, 0.3) is 0 Å². The van der Waals surface area contributed by atoms with Crippen LogP contribution in [0.3, 0.4) is 0 Å². The fraction of sp³-hybridized carbons (Fsp3) is 0.235. The van der Waals surface area contributed by atoms with Crippen LogP contribution in [0.4, 0.5) is 4.39 Å². The smallest absolute Gasteiger partial charge is 0.137 e. The first-order chi connectivity index (χ1) is 10.7. The van der Waals surface area contributed by atoms with Gasteiger partial charge in [0.2, 0.25) is 0 Å². The third kappa shape index (κ3) is 3.47. The largest absolute Gasteiger partial charge is 0.488 e. The molecule has 0 aliphatic carbocycles. The SMILES string of the molecule is Fc1cccc(OCc2ccc(Br)cc2)c1C1=NCCCN1. The Morgan fingerprint density at radius 2 is 2.00 bits per heavy atom. The predicted molar refractivity (Wildman–Crippen MR) is 88.9 cm³/mol. The van der Waals surface area contributed by atoms with Crippen LogP contribution in [-0.4, -0.2) is 18.9 Å². The maximum absolute atomic E-state index is 14.2. The highest BCUT2D eigenvalue weighted by Gasteiger charge is 2.17. The van der Waals surface area contributed by atoms with Crippen molar-refractivity contribution in [2.24, 2.45) is 4.99 Å². The zero-order chi connectivity index (χ0) is 15.4. The summed E-state index contributed by atoms with van der Waals surface area (Å²) >= 11 is 3.40. The minimum Gasteiger partial charge on any atom is -0.488 e. The molecule has 0 amide bonds. The van der Waals surface area contributed by atoms with Gasteiger partial charge in [-0.2, -0.15) is 0 Å². The van der Waals surface area contributed by atoms with E-state index >= 15 is 0 Å². The molecule has 3 nitrogen and oxygen atoms in total. The van der Waals surface area contributed by atoms with Gasteiger partial charge >= 0.3 is 0 Å². The van der Waals surface area contributed by atoms with E-state index in [0.717, 1.165) is 23.0 Å². The summed E-state index contributed by atoms with van der Waals surface area (Å²) < 4.78 is 21.0. The summed E-state index contributed by atoms with van der Waals surface area (Å²) in [7, 11) is 0. The average molecular weight is 363 g/mol. The molecule has 1 heterocycles. The van der Waals surface area contributed by atoms with Crippen molar-refractivity contribution in [3.8, 4) is 5.75 Å². The van der Waals surface area contributed by atoms with Crippen molar-refractivity contribution in [1.82, 2.24) is 5.32 Å². The lowest BCUT2D eigenvalue weighted by molar-refractivity contribution is 0.303. The molecule has 0 unspecified atom stereocenters. The molecule has 0 fully saturated rings. The summed E-state index contributed by atoms with van der Waals surface area (Å²) in [5.41, 5.74) is 1.44. The Hall–Kier alpha value is -1.88. The van der Waals surface area contributed by atoms with Gasteiger partial charge in [0.15, 0.2) is 0 Å². The normalized spacial score (nSPS) is 14.2. The highest BCUT2D eigenvalue weighted by molar-refractivity contribution is 9.10. The van der Waals surface area contributed by atoms with Gasteiger partial charge in [-0.05, 0) is 36.2 Å². The number of aliphatic imine (C=N–C) groups is 1. The zero-order valence-electron chi connectivity index (χ0n) is 12.0. The Morgan fingerprint density at radius 1 is 1.18 bits per heavy atom. The second-order valence-electron chi connectivity index (χ2n) is 5.04. The number of hydrogen-bond donors (Lipinski definition) is 1. The number of amidine groups is 1. The van der Waals surface area contributed by atoms with Gasteiger partial charge < -0.3 is 10.1 Å². The molecule has 2 aromatic rings. The fourth-order valence-electron chi connectivity index (χ4n) is 2.30. The minimum absolute atomic E-state index is 0.318. The quantitative estimate of drug-likeness (QED) is 0.894. The molecule has 1 aliphatic rings. The molecule has 0 radical (unpaired) electrons. The monoisotopic (exact) mass is 362 g/mol. The van der Waals surface area contributed by atoms with Crippen molar-refractivity contribution < 1.29 is 9.13 Å². The van der Waals surface area contributed by atoms with Crippen molar-refractivity contribution in [2.75, 3.05) is 13.1 Å². The van der Waals surface area contributed by atoms with Gasteiger partial charge in [-0.15, -0.1) is 0 Å². The second-order valence-corrected chi connectivity index (χ2v) is 5.95. The van der Waals surface area contributed by atoms with Gasteiger partial charge in [-0.1, -0.05) is 34.1 Å². The average Bonchev–Trinajstić information content (AvgIpc) is 2.55. The van der Waals surface area contributed by atoms with Crippen molar-refractivity contribution >= 4 is 21.8 Å². The van der Waals surface area contributed by atoms with E-state index in [2.05, 4.69) is 26.2 Å². The van der Waals surface area contributed by atoms with Crippen LogP contribution in [0, 0.1) is 5.82 Å². The van der Waals surface area contributed by atoms with Crippen LogP contribution in [-0.2, 0) is 6.61 Å². The lowest BCUT2D eigenvalue weighted by Crippen LogP contribution is -2.31. The molecule has 2 aromatic carbocycles. The fourth-order valence-corrected chi connectivity index (χ4v) is 2.56. The maximum atomic E-state index is 14.2. The Labute approximate surface area is 137 Å². The first-order valence-corrected chi connectivity index (χ1v) is 7.98. The molecule has 22 heavy (non-hydrogen) atoms. The number of ether oxygens (including phenoxy) is 1. The molecule has 0 atom stereocenters. The number of hydrogen-bond acceptors (Lipinski definition) is 3. The van der Waals surface area contributed by atoms with Crippen LogP contribution in [0.5, 0.6) is 5.75 Å². The van der Waals surface area contributed by atoms with E-state index in [1.807, 2.05) is 24.3 Å². The summed E-state index contributed by atoms with van der Waals surface area (Å²) in [6.45, 7) is 1.90. The molecule has 0 saturated heterocycles. The first-order valence-electron chi connectivity index (χ1n) is 7.18. The van der Waals surface area contributed by atoms with E-state index in [1.165, 1.54) is 6.07 Å². The van der Waals surface area contributed by atoms with E-state index in [-0.39, 0.29) is 5.82 Å². The van der Waals surface area contributed by atoms with Gasteiger partial charge in [0, 0.05) is 17.6 Å². The number of nitrogens with one attached hydrogen (secondary N) is 1. The van der Waals surface area contributed by atoms with Gasteiger partial charge in [0.25, 0.3) is 0 Å². The second kappa shape index (κ2) is 6.92. The standard InChI is InChI=1S/C17H16BrFN2O/c18-13-7-5-12(6-8-13)11-22-15-4-1-3-14(19)16(15)17-20-9-2-10-21-17/h1,3-8H,2,9-11H2,(H,20,21). The molecule has 5 heteroatoms. The molecular formula is C17H16BrFN2O. The minimum atomic E-state index is -0.318. The zero-order valence-corrected chi connectivity index (χ0v) is 13.6. The first kappa shape index (κ1) is 15.0. The molecule has 114 valence electrons. The number of halogens is 2. The summed E-state index contributed by atoms with van der Waals surface area (Å²) in [6.07, 6.45) is 0.965. The number of benzene rings is 2. The molecule has 0 aromatic heterocycles. The molecule has 0 saturated carbocycles. The molecule has 0 spiro atoms. The van der Waals surface area contributed by atoms with E-state index in [9.17, 15) is 4.39 Å². The van der Waals surface area contributed by atoms with E-state index in [4.69, 9.17) is 4.74 Å². The van der Waals surface area contributed by atoms with E-state index < -0.39 is 0 Å². The Morgan fingerprint density at radius 3 is 2.73 bits per heavy atom. The predicted octanol–water partition coefficient (Wildman–Crippen LogP) is 3.91. The lowest BCUT2D eigenvalue weighted by atomic mass is 10.1. The molecule has 3 rings (SSSR count). The van der Waals surface area contributed by atoms with Crippen LogP contribution >= 0.6 is 15.9 Å². The lowest BCUT2D eigenvalue weighted by Gasteiger charge is -2.18. The van der Waals surface area contributed by atoms with Crippen molar-refractivity contribution in [3.63, 3.8) is 0 Å². The summed E-state index contributed by atoms with van der Waals surface area (Å²) in [5.74, 6) is 0.771. The third-order valence-electron chi connectivity index (χ3n) is 3.42. The number of nitrogens with zero attached hydrogens (tertiary/aromatic N) is 1. The van der Waals surface area contributed by atoms with Gasteiger partial charge in [-0.3, -0.25) is 4.99 Å². The van der Waals surface area contributed by atoms with Crippen LogP contribution < -0.4 is 10.1 Å². The molecule has 1 aliphatic heterocycles. The van der Waals surface area contributed by atoms with Crippen molar-refractivity contribution in [1.29, 1.82) is 0 Å². The molecular weight excluding hydrogens is 347 g/mol. The van der Waals surface area contributed by atoms with Crippen LogP contribution in [0.1, 0.15) is 17.5 Å². The Balaban J connectivity index is 1.82. The highest BCUT2D eigenvalue weighted by Crippen LogP contribution is 2.24. The summed E-state index contributed by atoms with van der Waals surface area (Å²) in [4.78, 5) is 4.37. The van der Waals surface area contributed by atoms with Crippen molar-refractivity contribution in [3.05, 3.63) is 63.9 Å². The molecule has 0 bridgehead atoms. The molecule has 1 N–H and O–H groups in total. The topological polar surface area (TPSA) is 33.6 Å². The number of rotatable bonds is 4. The van der Waals surface area contributed by atoms with Gasteiger partial charge in [0.1, 0.15) is 24.0 Å². The van der Waals surface area contributed by atoms with Gasteiger partial charge in [-0.25, -0.2) is 4.39 Å². The Kier molecular flexibility index (Phi) is 4.73. The van der Waals surface area contributed by atoms with E-state index in [0.29, 0.717) is 30.3 Å². The van der Waals surface area contributed by atoms with Gasteiger partial charge in [0.05, 0.1) is 5.56 Å². The Bertz CT molecular complexity index is 686. The summed E-state index contributed by atoms with van der Waals surface area (Å²) in [6, 6.07) is 12.7. The summed E-state index contributed by atoms with van der Waals surface area (Å²) in [5, 5.41) is 3.15. The maximum Gasteiger partial charge on any atom is 0.137 e. The van der Waals surface area contributed by atoms with Crippen molar-refractivity contribution in [2.45, 2.75) is 13.0 Å². The van der Waals surface area contributed by atoms with Crippen LogP contribution in [0.2, 0.25) is 0 Å². The highest BCUT2D eigenvalue weighted by atomic mass is 79.9. The van der Waals surface area contributed by atoms with E-state index in [1.54, 1.807) is 12.1 Å². The van der Waals surface area contributed by atoms with Crippen LogP contribution in [0.15, 0.2) is 51.9 Å². The third-order valence-corrected chi connectivity index (χ3v) is 3.95.